The van der Waals surface area contributed by atoms with Crippen LogP contribution in [0.15, 0.2) is 18.2 Å². The van der Waals surface area contributed by atoms with E-state index in [1.165, 1.54) is 11.0 Å². The number of benzene rings is 1. The fourth-order valence-electron chi connectivity index (χ4n) is 1.53. The molecule has 1 unspecified atom stereocenters. The number of aliphatic carboxylic acids is 1. The highest BCUT2D eigenvalue weighted by Crippen LogP contribution is 2.18. The van der Waals surface area contributed by atoms with Crippen LogP contribution in [0.3, 0.4) is 0 Å². The number of phenolic OH excluding ortho intramolecular Hbond substituents is 1. The molecule has 5 heteroatoms. The number of carbonyl (C=O) groups excluding carboxylic acids is 1. The zero-order valence-corrected chi connectivity index (χ0v) is 10.7. The summed E-state index contributed by atoms with van der Waals surface area (Å²) in [7, 11) is 1.54. The number of hydrogen-bond acceptors (Lipinski definition) is 3. The number of aryl methyl sites for hydroxylation is 1. The highest BCUT2D eigenvalue weighted by atomic mass is 16.4. The van der Waals surface area contributed by atoms with Gasteiger partial charge in [-0.25, -0.2) is 0 Å². The Bertz CT molecular complexity index is 470. The van der Waals surface area contributed by atoms with Crippen molar-refractivity contribution < 1.29 is 19.8 Å². The molecule has 1 atom stereocenters. The zero-order chi connectivity index (χ0) is 13.9. The Balaban J connectivity index is 2.80. The van der Waals surface area contributed by atoms with Crippen molar-refractivity contribution in [3.8, 4) is 5.75 Å². The highest BCUT2D eigenvalue weighted by Gasteiger charge is 2.18. The van der Waals surface area contributed by atoms with Gasteiger partial charge in [0.15, 0.2) is 0 Å². The summed E-state index contributed by atoms with van der Waals surface area (Å²) >= 11 is 0. The van der Waals surface area contributed by atoms with Gasteiger partial charge in [0.05, 0.1) is 5.92 Å². The van der Waals surface area contributed by atoms with Gasteiger partial charge in [0, 0.05) is 19.2 Å². The number of nitrogens with zero attached hydrogens (tertiary/aromatic N) is 1. The average molecular weight is 251 g/mol. The molecule has 0 bridgehead atoms. The van der Waals surface area contributed by atoms with Gasteiger partial charge in [-0.15, -0.1) is 0 Å². The first-order valence-corrected chi connectivity index (χ1v) is 5.60. The van der Waals surface area contributed by atoms with Crippen molar-refractivity contribution in [1.82, 2.24) is 4.90 Å². The first kappa shape index (κ1) is 14.0. The molecule has 0 saturated heterocycles. The van der Waals surface area contributed by atoms with Gasteiger partial charge in [-0.05, 0) is 24.6 Å². The zero-order valence-electron chi connectivity index (χ0n) is 10.7. The molecule has 0 fully saturated rings. The van der Waals surface area contributed by atoms with Gasteiger partial charge < -0.3 is 15.1 Å². The monoisotopic (exact) mass is 251 g/mol. The Kier molecular flexibility index (Phi) is 4.31. The SMILES string of the molecule is Cc1ccc(C(=O)N(C)CC(C)C(=O)O)cc1O. The Morgan fingerprint density at radius 2 is 2.00 bits per heavy atom. The fraction of sp³-hybridized carbons (Fsp3) is 0.385. The Hall–Kier alpha value is -2.04. The van der Waals surface area contributed by atoms with E-state index in [2.05, 4.69) is 0 Å². The second-order valence-corrected chi connectivity index (χ2v) is 4.43. The molecule has 0 heterocycles. The van der Waals surface area contributed by atoms with Crippen LogP contribution in [-0.4, -0.2) is 40.6 Å². The Morgan fingerprint density at radius 1 is 1.39 bits per heavy atom. The van der Waals surface area contributed by atoms with Crippen LogP contribution in [0.5, 0.6) is 5.75 Å². The third-order valence-corrected chi connectivity index (χ3v) is 2.77. The minimum Gasteiger partial charge on any atom is -0.508 e. The number of carbonyl (C=O) groups is 2. The third kappa shape index (κ3) is 3.23. The molecule has 98 valence electrons. The maximum absolute atomic E-state index is 12.0. The molecule has 0 radical (unpaired) electrons. The number of phenols is 1. The normalized spacial score (nSPS) is 11.9. The van der Waals surface area contributed by atoms with Crippen LogP contribution in [0.2, 0.25) is 0 Å². The van der Waals surface area contributed by atoms with Gasteiger partial charge in [-0.3, -0.25) is 9.59 Å². The van der Waals surface area contributed by atoms with Crippen LogP contribution in [0.4, 0.5) is 0 Å². The molecule has 2 N–H and O–H groups in total. The van der Waals surface area contributed by atoms with Gasteiger partial charge in [0.1, 0.15) is 5.75 Å². The van der Waals surface area contributed by atoms with E-state index in [1.54, 1.807) is 33.0 Å². The summed E-state index contributed by atoms with van der Waals surface area (Å²) in [5.41, 5.74) is 1.03. The van der Waals surface area contributed by atoms with Crippen molar-refractivity contribution >= 4 is 11.9 Å². The molecule has 1 aromatic rings. The third-order valence-electron chi connectivity index (χ3n) is 2.77. The lowest BCUT2D eigenvalue weighted by Gasteiger charge is -2.19. The van der Waals surface area contributed by atoms with Gasteiger partial charge in [0.25, 0.3) is 5.91 Å². The lowest BCUT2D eigenvalue weighted by molar-refractivity contribution is -0.141. The molecule has 0 spiro atoms. The molecular formula is C13H17NO4. The minimum atomic E-state index is -0.943. The van der Waals surface area contributed by atoms with Crippen molar-refractivity contribution in [3.63, 3.8) is 0 Å². The number of aromatic hydroxyl groups is 1. The molecule has 1 rings (SSSR count). The summed E-state index contributed by atoms with van der Waals surface area (Å²) in [4.78, 5) is 24.0. The molecule has 5 nitrogen and oxygen atoms in total. The molecule has 0 saturated carbocycles. The van der Waals surface area contributed by atoms with Crippen LogP contribution in [0.1, 0.15) is 22.8 Å². The second-order valence-electron chi connectivity index (χ2n) is 4.43. The number of carboxylic acid groups (broad SMARTS) is 1. The molecular weight excluding hydrogens is 234 g/mol. The first-order valence-electron chi connectivity index (χ1n) is 5.60. The maximum atomic E-state index is 12.0. The molecule has 1 amide bonds. The first-order chi connectivity index (χ1) is 8.32. The predicted molar refractivity (Wildman–Crippen MR) is 66.6 cm³/mol. The van der Waals surface area contributed by atoms with E-state index >= 15 is 0 Å². The van der Waals surface area contributed by atoms with Crippen molar-refractivity contribution in [2.24, 2.45) is 5.92 Å². The summed E-state index contributed by atoms with van der Waals surface area (Å²) in [5.74, 6) is -1.82. The van der Waals surface area contributed by atoms with E-state index in [0.717, 1.165) is 0 Å². The quantitative estimate of drug-likeness (QED) is 0.850. The molecule has 1 aromatic carbocycles. The summed E-state index contributed by atoms with van der Waals surface area (Å²) in [6.45, 7) is 3.40. The second kappa shape index (κ2) is 5.53. The smallest absolute Gasteiger partial charge is 0.308 e. The van der Waals surface area contributed by atoms with E-state index < -0.39 is 11.9 Å². The maximum Gasteiger partial charge on any atom is 0.308 e. The number of amides is 1. The number of carboxylic acids is 1. The van der Waals surface area contributed by atoms with E-state index in [-0.39, 0.29) is 18.2 Å². The van der Waals surface area contributed by atoms with Crippen LogP contribution >= 0.6 is 0 Å². The molecule has 0 aliphatic heterocycles. The van der Waals surface area contributed by atoms with Crippen molar-refractivity contribution in [2.45, 2.75) is 13.8 Å². The lowest BCUT2D eigenvalue weighted by Crippen LogP contribution is -2.33. The van der Waals surface area contributed by atoms with E-state index in [1.807, 2.05) is 0 Å². The van der Waals surface area contributed by atoms with Gasteiger partial charge in [-0.1, -0.05) is 13.0 Å². The predicted octanol–water partition coefficient (Wildman–Crippen LogP) is 1.49. The van der Waals surface area contributed by atoms with E-state index in [9.17, 15) is 14.7 Å². The van der Waals surface area contributed by atoms with Crippen LogP contribution in [-0.2, 0) is 4.79 Å². The molecule has 0 aliphatic rings. The van der Waals surface area contributed by atoms with Gasteiger partial charge >= 0.3 is 5.97 Å². The van der Waals surface area contributed by atoms with Crippen molar-refractivity contribution in [3.05, 3.63) is 29.3 Å². The Morgan fingerprint density at radius 3 is 2.50 bits per heavy atom. The molecule has 18 heavy (non-hydrogen) atoms. The standard InChI is InChI=1S/C13H17NO4/c1-8-4-5-10(6-11(8)15)12(16)14(3)7-9(2)13(17)18/h4-6,9,15H,7H2,1-3H3,(H,17,18). The largest absolute Gasteiger partial charge is 0.508 e. The van der Waals surface area contributed by atoms with E-state index in [0.29, 0.717) is 11.1 Å². The van der Waals surface area contributed by atoms with Crippen LogP contribution in [0, 0.1) is 12.8 Å². The number of hydrogen-bond donors (Lipinski definition) is 2. The summed E-state index contributed by atoms with van der Waals surface area (Å²) in [5, 5.41) is 18.3. The highest BCUT2D eigenvalue weighted by molar-refractivity contribution is 5.94. The molecule has 0 aliphatic carbocycles. The van der Waals surface area contributed by atoms with Crippen LogP contribution < -0.4 is 0 Å². The van der Waals surface area contributed by atoms with Crippen molar-refractivity contribution in [2.75, 3.05) is 13.6 Å². The summed E-state index contributed by atoms with van der Waals surface area (Å²) in [6, 6.07) is 4.65. The minimum absolute atomic E-state index is 0.0560. The fourth-order valence-corrected chi connectivity index (χ4v) is 1.53. The Labute approximate surface area is 106 Å². The van der Waals surface area contributed by atoms with E-state index in [4.69, 9.17) is 5.11 Å². The lowest BCUT2D eigenvalue weighted by atomic mass is 10.1. The van der Waals surface area contributed by atoms with Gasteiger partial charge in [0.2, 0.25) is 0 Å². The van der Waals surface area contributed by atoms with Crippen LogP contribution in [0.25, 0.3) is 0 Å². The molecule has 0 aromatic heterocycles. The van der Waals surface area contributed by atoms with Gasteiger partial charge in [-0.2, -0.15) is 0 Å². The van der Waals surface area contributed by atoms with Crippen molar-refractivity contribution in [1.29, 1.82) is 0 Å². The summed E-state index contributed by atoms with van der Waals surface area (Å²) in [6.07, 6.45) is 0. The topological polar surface area (TPSA) is 77.8 Å². The number of rotatable bonds is 4. The average Bonchev–Trinajstić information content (AvgIpc) is 2.31. The summed E-state index contributed by atoms with van der Waals surface area (Å²) < 4.78 is 0.